The van der Waals surface area contributed by atoms with Gasteiger partial charge in [-0.1, -0.05) is 18.2 Å². The Bertz CT molecular complexity index is 897. The minimum atomic E-state index is -0.741. The fraction of sp³-hybridized carbons (Fsp3) is 0.368. The summed E-state index contributed by atoms with van der Waals surface area (Å²) in [4.78, 5) is 42.8. The first-order valence-corrected chi connectivity index (χ1v) is 8.95. The van der Waals surface area contributed by atoms with Crippen molar-refractivity contribution in [2.75, 3.05) is 20.1 Å². The van der Waals surface area contributed by atoms with Gasteiger partial charge in [0, 0.05) is 45.0 Å². The maximum atomic E-state index is 14.3. The topological polar surface area (TPSA) is 87.5 Å². The number of carbonyl (C=O) groups is 3. The number of imide groups is 1. The quantitative estimate of drug-likeness (QED) is 0.729. The number of rotatable bonds is 7. The molecule has 2 heterocycles. The zero-order chi connectivity index (χ0) is 20.3. The summed E-state index contributed by atoms with van der Waals surface area (Å²) in [5.41, 5.74) is 0.316. The number of urea groups is 1. The number of halogens is 1. The fourth-order valence-corrected chi connectivity index (χ4v) is 3.17. The Balaban J connectivity index is 1.65. The van der Waals surface area contributed by atoms with Gasteiger partial charge in [0.15, 0.2) is 0 Å². The molecule has 1 aliphatic heterocycles. The van der Waals surface area contributed by atoms with E-state index in [9.17, 15) is 18.8 Å². The first-order chi connectivity index (χ1) is 13.4. The van der Waals surface area contributed by atoms with Crippen molar-refractivity contribution in [3.8, 4) is 0 Å². The van der Waals surface area contributed by atoms with Crippen molar-refractivity contribution in [2.24, 2.45) is 7.05 Å². The smallest absolute Gasteiger partial charge is 0.326 e. The highest BCUT2D eigenvalue weighted by Gasteiger charge is 2.33. The number of aryl methyl sites for hydroxylation is 1. The molecule has 3 rings (SSSR count). The highest BCUT2D eigenvalue weighted by Crippen LogP contribution is 2.23. The van der Waals surface area contributed by atoms with Crippen LogP contribution in [-0.4, -0.2) is 57.3 Å². The van der Waals surface area contributed by atoms with E-state index in [4.69, 9.17) is 0 Å². The van der Waals surface area contributed by atoms with Crippen LogP contribution >= 0.6 is 0 Å². The monoisotopic (exact) mass is 387 g/mol. The van der Waals surface area contributed by atoms with Crippen molar-refractivity contribution in [3.63, 3.8) is 0 Å². The van der Waals surface area contributed by atoms with E-state index in [1.165, 1.54) is 11.0 Å². The Morgan fingerprint density at radius 1 is 1.29 bits per heavy atom. The van der Waals surface area contributed by atoms with Crippen LogP contribution in [0.15, 0.2) is 36.7 Å². The summed E-state index contributed by atoms with van der Waals surface area (Å²) in [6.07, 6.45) is 3.71. The largest absolute Gasteiger partial charge is 0.342 e. The summed E-state index contributed by atoms with van der Waals surface area (Å²) in [5, 5.41) is 2.81. The summed E-state index contributed by atoms with van der Waals surface area (Å²) in [6.45, 7) is 0.224. The van der Waals surface area contributed by atoms with Crippen LogP contribution in [0.2, 0.25) is 0 Å². The van der Waals surface area contributed by atoms with Crippen molar-refractivity contribution in [1.29, 1.82) is 0 Å². The third-order valence-corrected chi connectivity index (χ3v) is 4.65. The molecule has 0 spiro atoms. The number of nitrogens with one attached hydrogen (secondary N) is 1. The third kappa shape index (κ3) is 4.03. The molecule has 0 bridgehead atoms. The van der Waals surface area contributed by atoms with Crippen LogP contribution in [0.4, 0.5) is 9.18 Å². The fourth-order valence-electron chi connectivity index (χ4n) is 3.17. The first-order valence-electron chi connectivity index (χ1n) is 8.95. The van der Waals surface area contributed by atoms with E-state index in [1.807, 2.05) is 0 Å². The molecule has 9 heteroatoms. The Morgan fingerprint density at radius 3 is 2.64 bits per heavy atom. The lowest BCUT2D eigenvalue weighted by Crippen LogP contribution is -2.34. The molecule has 0 aliphatic carbocycles. The van der Waals surface area contributed by atoms with Crippen LogP contribution in [0.1, 0.15) is 30.3 Å². The lowest BCUT2D eigenvalue weighted by Gasteiger charge is -2.20. The molecule has 2 aromatic rings. The summed E-state index contributed by atoms with van der Waals surface area (Å²) in [5.74, 6) is -0.522. The van der Waals surface area contributed by atoms with Crippen molar-refractivity contribution in [1.82, 2.24) is 24.7 Å². The molecule has 1 fully saturated rings. The first kappa shape index (κ1) is 19.5. The standard InChI is InChI=1S/C19H22FN5O3/c1-23-11-9-21-18(23)17(13-6-3-4-7-14(13)20)22-15(26)8-5-10-25-16(27)12-24(2)19(25)28/h3-4,6-7,9,11,17H,5,8,10,12H2,1-2H3,(H,22,26). The van der Waals surface area contributed by atoms with E-state index in [1.54, 1.807) is 49.3 Å². The summed E-state index contributed by atoms with van der Waals surface area (Å²) in [6, 6.07) is 5.11. The summed E-state index contributed by atoms with van der Waals surface area (Å²) in [7, 11) is 3.32. The second-order valence-corrected chi connectivity index (χ2v) is 6.71. The van der Waals surface area contributed by atoms with E-state index in [0.29, 0.717) is 17.8 Å². The average Bonchev–Trinajstić information content (AvgIpc) is 3.18. The second kappa shape index (κ2) is 8.20. The number of benzene rings is 1. The molecule has 1 atom stereocenters. The number of aromatic nitrogens is 2. The molecule has 1 N–H and O–H groups in total. The number of hydrogen-bond donors (Lipinski definition) is 1. The molecule has 28 heavy (non-hydrogen) atoms. The van der Waals surface area contributed by atoms with Gasteiger partial charge >= 0.3 is 6.03 Å². The van der Waals surface area contributed by atoms with E-state index in [0.717, 1.165) is 4.90 Å². The summed E-state index contributed by atoms with van der Waals surface area (Å²) < 4.78 is 16.0. The summed E-state index contributed by atoms with van der Waals surface area (Å²) >= 11 is 0. The maximum Gasteiger partial charge on any atom is 0.326 e. The van der Waals surface area contributed by atoms with Crippen molar-refractivity contribution in [3.05, 3.63) is 53.9 Å². The lowest BCUT2D eigenvalue weighted by atomic mass is 10.0. The van der Waals surface area contributed by atoms with Crippen molar-refractivity contribution >= 4 is 17.8 Å². The SMILES string of the molecule is CN1CC(=O)N(CCCC(=O)NC(c2ccccc2F)c2nccn2C)C1=O. The van der Waals surface area contributed by atoms with Crippen LogP contribution in [0.5, 0.6) is 0 Å². The van der Waals surface area contributed by atoms with Gasteiger partial charge in [0.2, 0.25) is 11.8 Å². The van der Waals surface area contributed by atoms with Crippen LogP contribution in [-0.2, 0) is 16.6 Å². The number of nitrogens with zero attached hydrogens (tertiary/aromatic N) is 4. The van der Waals surface area contributed by atoms with Gasteiger partial charge in [0.1, 0.15) is 24.2 Å². The van der Waals surface area contributed by atoms with Crippen molar-refractivity contribution < 1.29 is 18.8 Å². The Hall–Kier alpha value is -3.23. The van der Waals surface area contributed by atoms with Gasteiger partial charge in [-0.15, -0.1) is 0 Å². The van der Waals surface area contributed by atoms with Gasteiger partial charge in [0.05, 0.1) is 0 Å². The molecule has 1 aliphatic rings. The Kier molecular flexibility index (Phi) is 5.72. The highest BCUT2D eigenvalue weighted by atomic mass is 19.1. The molecule has 1 aromatic heterocycles. The van der Waals surface area contributed by atoms with E-state index in [2.05, 4.69) is 10.3 Å². The van der Waals surface area contributed by atoms with Crippen molar-refractivity contribution in [2.45, 2.75) is 18.9 Å². The van der Waals surface area contributed by atoms with Gasteiger partial charge in [0.25, 0.3) is 0 Å². The molecule has 8 nitrogen and oxygen atoms in total. The maximum absolute atomic E-state index is 14.3. The molecule has 1 saturated heterocycles. The van der Waals surface area contributed by atoms with Crippen LogP contribution in [0.3, 0.4) is 0 Å². The number of likely N-dealkylation sites (N-methyl/N-ethyl adjacent to an activating group) is 1. The van der Waals surface area contributed by atoms with Gasteiger partial charge in [-0.3, -0.25) is 14.5 Å². The van der Waals surface area contributed by atoms with Gasteiger partial charge in [-0.25, -0.2) is 14.2 Å². The Labute approximate surface area is 161 Å². The number of imidazole rings is 1. The Morgan fingerprint density at radius 2 is 2.04 bits per heavy atom. The lowest BCUT2D eigenvalue weighted by molar-refractivity contribution is -0.126. The predicted molar refractivity (Wildman–Crippen MR) is 98.6 cm³/mol. The molecule has 0 radical (unpaired) electrons. The molecule has 1 unspecified atom stereocenters. The highest BCUT2D eigenvalue weighted by molar-refractivity contribution is 6.01. The van der Waals surface area contributed by atoms with Gasteiger partial charge < -0.3 is 14.8 Å². The van der Waals surface area contributed by atoms with Gasteiger partial charge in [-0.2, -0.15) is 0 Å². The second-order valence-electron chi connectivity index (χ2n) is 6.71. The average molecular weight is 387 g/mol. The van der Waals surface area contributed by atoms with E-state index in [-0.39, 0.29) is 37.4 Å². The third-order valence-electron chi connectivity index (χ3n) is 4.65. The zero-order valence-electron chi connectivity index (χ0n) is 15.8. The molecular formula is C19H22FN5O3. The van der Waals surface area contributed by atoms with Crippen LogP contribution in [0.25, 0.3) is 0 Å². The number of hydrogen-bond acceptors (Lipinski definition) is 4. The molecular weight excluding hydrogens is 365 g/mol. The predicted octanol–water partition coefficient (Wildman–Crippen LogP) is 1.44. The number of amides is 4. The van der Waals surface area contributed by atoms with Crippen LogP contribution < -0.4 is 5.32 Å². The molecule has 1 aromatic carbocycles. The normalized spacial score (nSPS) is 15.2. The van der Waals surface area contributed by atoms with E-state index >= 15 is 0 Å². The molecule has 0 saturated carbocycles. The van der Waals surface area contributed by atoms with Gasteiger partial charge in [-0.05, 0) is 12.5 Å². The molecule has 4 amide bonds. The molecule has 148 valence electrons. The van der Waals surface area contributed by atoms with Crippen LogP contribution in [0, 0.1) is 5.82 Å². The zero-order valence-corrected chi connectivity index (χ0v) is 15.8. The minimum absolute atomic E-state index is 0.0551. The minimum Gasteiger partial charge on any atom is -0.342 e. The number of carbonyl (C=O) groups excluding carboxylic acids is 3. The van der Waals surface area contributed by atoms with E-state index < -0.39 is 11.9 Å².